The Balaban J connectivity index is 2.24. The van der Waals surface area contributed by atoms with E-state index in [1.807, 2.05) is 30.3 Å². The molecular weight excluding hydrogens is 302 g/mol. The topological polar surface area (TPSA) is 55.8 Å². The minimum atomic E-state index is -0.729. The van der Waals surface area contributed by atoms with E-state index in [9.17, 15) is 9.59 Å². The second-order valence-corrected chi connectivity index (χ2v) is 5.42. The first kappa shape index (κ1) is 16.4. The number of carbonyl (C=O) groups excluding carboxylic acids is 2. The van der Waals surface area contributed by atoms with E-state index in [1.165, 1.54) is 30.3 Å². The molecule has 1 saturated heterocycles. The number of nitrogens with zero attached hydrogens (tertiary/aromatic N) is 1. The van der Waals surface area contributed by atoms with Crippen molar-refractivity contribution >= 4 is 23.8 Å². The number of benzene rings is 1. The highest BCUT2D eigenvalue weighted by atomic mass is 32.2. The molecule has 1 heterocycles. The number of esters is 1. The zero-order valence-corrected chi connectivity index (χ0v) is 13.4. The lowest BCUT2D eigenvalue weighted by molar-refractivity contribution is -0.170. The molecule has 1 amide bonds. The summed E-state index contributed by atoms with van der Waals surface area (Å²) >= 11 is 1.27. The third-order valence-electron chi connectivity index (χ3n) is 3.23. The van der Waals surface area contributed by atoms with Gasteiger partial charge in [-0.1, -0.05) is 42.0 Å². The van der Waals surface area contributed by atoms with E-state index in [4.69, 9.17) is 9.47 Å². The van der Waals surface area contributed by atoms with Crippen molar-refractivity contribution in [1.82, 2.24) is 4.31 Å². The largest absolute Gasteiger partial charge is 0.447 e. The molecule has 0 aromatic heterocycles. The molecule has 1 aliphatic heterocycles. The second-order valence-electron chi connectivity index (χ2n) is 4.66. The monoisotopic (exact) mass is 319 g/mol. The molecule has 2 rings (SSSR count). The molecule has 1 fully saturated rings. The molecule has 1 aromatic carbocycles. The van der Waals surface area contributed by atoms with Crippen LogP contribution < -0.4 is 0 Å². The number of rotatable bonds is 4. The van der Waals surface area contributed by atoms with Crippen molar-refractivity contribution in [2.45, 2.75) is 25.2 Å². The third kappa shape index (κ3) is 3.43. The van der Waals surface area contributed by atoms with E-state index in [2.05, 4.69) is 11.8 Å². The minimum Gasteiger partial charge on any atom is -0.447 e. The van der Waals surface area contributed by atoms with E-state index >= 15 is 0 Å². The SMILES string of the molecule is CO[C@H]1C(=O)N(SC)[C@H]1C(C#Cc1ccccc1)OC(C)=O. The summed E-state index contributed by atoms with van der Waals surface area (Å²) in [4.78, 5) is 23.2. The van der Waals surface area contributed by atoms with Crippen LogP contribution in [0.5, 0.6) is 0 Å². The van der Waals surface area contributed by atoms with Crippen molar-refractivity contribution in [3.63, 3.8) is 0 Å². The van der Waals surface area contributed by atoms with Gasteiger partial charge in [-0.05, 0) is 12.1 Å². The Kier molecular flexibility index (Phi) is 5.47. The Morgan fingerprint density at radius 2 is 2.05 bits per heavy atom. The lowest BCUT2D eigenvalue weighted by atomic mass is 9.95. The average Bonchev–Trinajstić information content (AvgIpc) is 2.50. The van der Waals surface area contributed by atoms with Crippen molar-refractivity contribution in [2.75, 3.05) is 13.4 Å². The highest BCUT2D eigenvalue weighted by Crippen LogP contribution is 2.32. The molecule has 0 aliphatic carbocycles. The zero-order valence-electron chi connectivity index (χ0n) is 12.6. The molecule has 0 N–H and O–H groups in total. The lowest BCUT2D eigenvalue weighted by Crippen LogP contribution is -2.67. The maximum Gasteiger partial charge on any atom is 0.303 e. The Morgan fingerprint density at radius 3 is 2.59 bits per heavy atom. The van der Waals surface area contributed by atoms with Gasteiger partial charge < -0.3 is 9.47 Å². The van der Waals surface area contributed by atoms with Crippen molar-refractivity contribution in [1.29, 1.82) is 0 Å². The summed E-state index contributed by atoms with van der Waals surface area (Å²) in [7, 11) is 1.46. The fourth-order valence-electron chi connectivity index (χ4n) is 2.23. The van der Waals surface area contributed by atoms with E-state index in [-0.39, 0.29) is 5.91 Å². The molecule has 1 unspecified atom stereocenters. The number of methoxy groups -OCH3 is 1. The van der Waals surface area contributed by atoms with Crippen LogP contribution in [0.4, 0.5) is 0 Å². The molecule has 0 bridgehead atoms. The molecular formula is C16H17NO4S. The van der Waals surface area contributed by atoms with Crippen molar-refractivity contribution in [2.24, 2.45) is 0 Å². The second kappa shape index (κ2) is 7.34. The maximum absolute atomic E-state index is 11.9. The van der Waals surface area contributed by atoms with Gasteiger partial charge in [0.1, 0.15) is 6.04 Å². The van der Waals surface area contributed by atoms with Crippen molar-refractivity contribution in [3.8, 4) is 11.8 Å². The van der Waals surface area contributed by atoms with Crippen LogP contribution in [-0.2, 0) is 19.1 Å². The van der Waals surface area contributed by atoms with E-state index < -0.39 is 24.2 Å². The highest BCUT2D eigenvalue weighted by Gasteiger charge is 2.53. The highest BCUT2D eigenvalue weighted by molar-refractivity contribution is 7.96. The van der Waals surface area contributed by atoms with Crippen LogP contribution in [0.15, 0.2) is 30.3 Å². The first-order valence-corrected chi connectivity index (χ1v) is 7.90. The van der Waals surface area contributed by atoms with Gasteiger partial charge in [-0.25, -0.2) is 0 Å². The Bertz CT molecular complexity index is 594. The van der Waals surface area contributed by atoms with Gasteiger partial charge in [0.25, 0.3) is 5.91 Å². The molecule has 0 radical (unpaired) electrons. The zero-order chi connectivity index (χ0) is 16.1. The van der Waals surface area contributed by atoms with Crippen LogP contribution in [0.3, 0.4) is 0 Å². The average molecular weight is 319 g/mol. The minimum absolute atomic E-state index is 0.140. The predicted octanol–water partition coefficient (Wildman–Crippen LogP) is 1.47. The van der Waals surface area contributed by atoms with Crippen molar-refractivity contribution < 1.29 is 19.1 Å². The van der Waals surface area contributed by atoms with Crippen LogP contribution in [0.2, 0.25) is 0 Å². The summed E-state index contributed by atoms with van der Waals surface area (Å²) in [5.41, 5.74) is 0.815. The summed E-state index contributed by atoms with van der Waals surface area (Å²) in [6.45, 7) is 1.32. The number of β-lactam (4-membered cyclic amide) rings is 1. The van der Waals surface area contributed by atoms with Gasteiger partial charge in [-0.15, -0.1) is 0 Å². The van der Waals surface area contributed by atoms with Crippen molar-refractivity contribution in [3.05, 3.63) is 35.9 Å². The number of hydrogen-bond acceptors (Lipinski definition) is 5. The van der Waals surface area contributed by atoms with Crippen LogP contribution in [0.25, 0.3) is 0 Å². The summed E-state index contributed by atoms with van der Waals surface area (Å²) < 4.78 is 12.0. The summed E-state index contributed by atoms with van der Waals surface area (Å²) in [6, 6.07) is 8.98. The quantitative estimate of drug-likeness (QED) is 0.364. The van der Waals surface area contributed by atoms with Crippen LogP contribution in [-0.4, -0.2) is 47.8 Å². The maximum atomic E-state index is 11.9. The van der Waals surface area contributed by atoms with Gasteiger partial charge >= 0.3 is 5.97 Å². The molecule has 0 saturated carbocycles. The van der Waals surface area contributed by atoms with Gasteiger partial charge in [0.15, 0.2) is 12.2 Å². The molecule has 3 atom stereocenters. The summed E-state index contributed by atoms with van der Waals surface area (Å²) in [5, 5.41) is 0. The molecule has 22 heavy (non-hydrogen) atoms. The van der Waals surface area contributed by atoms with Gasteiger partial charge in [-0.2, -0.15) is 0 Å². The van der Waals surface area contributed by atoms with E-state index in [0.717, 1.165) is 5.56 Å². The van der Waals surface area contributed by atoms with E-state index in [1.54, 1.807) is 6.26 Å². The van der Waals surface area contributed by atoms with E-state index in [0.29, 0.717) is 0 Å². The van der Waals surface area contributed by atoms with Crippen LogP contribution >= 0.6 is 11.9 Å². The fourth-order valence-corrected chi connectivity index (χ4v) is 2.98. The first-order valence-electron chi connectivity index (χ1n) is 6.72. The van der Waals surface area contributed by atoms with Crippen LogP contribution in [0.1, 0.15) is 12.5 Å². The Labute approximate surface area is 134 Å². The molecule has 5 nitrogen and oxygen atoms in total. The Morgan fingerprint density at radius 1 is 1.36 bits per heavy atom. The van der Waals surface area contributed by atoms with Gasteiger partial charge in [0, 0.05) is 25.9 Å². The number of amides is 1. The van der Waals surface area contributed by atoms with Gasteiger partial charge in [-0.3, -0.25) is 13.9 Å². The molecule has 1 aromatic rings. The normalized spacial score (nSPS) is 21.4. The summed E-state index contributed by atoms with van der Waals surface area (Å²) in [6.07, 6.45) is 0.418. The molecule has 1 aliphatic rings. The van der Waals surface area contributed by atoms with Crippen LogP contribution in [0, 0.1) is 11.8 Å². The lowest BCUT2D eigenvalue weighted by Gasteiger charge is -2.45. The molecule has 116 valence electrons. The first-order chi connectivity index (χ1) is 10.6. The fraction of sp³-hybridized carbons (Fsp3) is 0.375. The number of carbonyl (C=O) groups is 2. The van der Waals surface area contributed by atoms with Gasteiger partial charge in [0.05, 0.1) is 0 Å². The predicted molar refractivity (Wildman–Crippen MR) is 83.8 cm³/mol. The third-order valence-corrected chi connectivity index (χ3v) is 4.04. The standard InChI is InChI=1S/C16H17NO4S/c1-11(18)21-13(10-9-12-7-5-4-6-8-12)14-15(20-2)16(19)17(14)22-3/h4-8,13-15H,1-3H3/t13?,14-,15+/m0/s1. The van der Waals surface area contributed by atoms with Gasteiger partial charge in [0.2, 0.25) is 0 Å². The smallest absolute Gasteiger partial charge is 0.303 e. The number of hydrogen-bond donors (Lipinski definition) is 0. The molecule has 6 heteroatoms. The molecule has 0 spiro atoms. The number of ether oxygens (including phenoxy) is 2. The summed E-state index contributed by atoms with van der Waals surface area (Å²) in [5.74, 6) is 5.33. The Hall–Kier alpha value is -1.97.